The van der Waals surface area contributed by atoms with Crippen molar-refractivity contribution in [2.45, 2.75) is 51.0 Å². The maximum absolute atomic E-state index is 13.1. The Balaban J connectivity index is 1.49. The largest absolute Gasteiger partial charge is 0.339 e. The SMILES string of the molecule is CC(C)(C)c1ccc(C(=O)N2CCC(C3(Cc4ccccc4Cl)NC(=O)NC3=O)CC2)cc1. The summed E-state index contributed by atoms with van der Waals surface area (Å²) < 4.78 is 0. The summed E-state index contributed by atoms with van der Waals surface area (Å²) in [6, 6.07) is 14.7. The summed E-state index contributed by atoms with van der Waals surface area (Å²) in [4.78, 5) is 40.0. The van der Waals surface area contributed by atoms with Gasteiger partial charge in [0.05, 0.1) is 0 Å². The first kappa shape index (κ1) is 23.3. The quantitative estimate of drug-likeness (QED) is 0.657. The number of likely N-dealkylation sites (tertiary alicyclic amines) is 1. The van der Waals surface area contributed by atoms with Crippen molar-refractivity contribution in [3.05, 3.63) is 70.2 Å². The van der Waals surface area contributed by atoms with Crippen molar-refractivity contribution in [2.24, 2.45) is 5.92 Å². The second-order valence-corrected chi connectivity index (χ2v) is 10.4. The molecule has 1 atom stereocenters. The lowest BCUT2D eigenvalue weighted by atomic mass is 9.74. The molecule has 2 aromatic rings. The van der Waals surface area contributed by atoms with E-state index in [1.807, 2.05) is 47.4 Å². The average molecular weight is 468 g/mol. The highest BCUT2D eigenvalue weighted by molar-refractivity contribution is 6.31. The molecule has 0 bridgehead atoms. The molecule has 2 fully saturated rings. The number of nitrogens with zero attached hydrogens (tertiary/aromatic N) is 1. The molecule has 2 aliphatic rings. The van der Waals surface area contributed by atoms with E-state index >= 15 is 0 Å². The molecule has 1 unspecified atom stereocenters. The normalized spacial score (nSPS) is 21.6. The molecule has 174 valence electrons. The molecule has 7 heteroatoms. The van der Waals surface area contributed by atoms with Crippen LogP contribution in [0.2, 0.25) is 5.02 Å². The first-order chi connectivity index (χ1) is 15.6. The zero-order valence-electron chi connectivity index (χ0n) is 19.3. The van der Waals surface area contributed by atoms with E-state index in [0.29, 0.717) is 42.9 Å². The van der Waals surface area contributed by atoms with Crippen molar-refractivity contribution in [3.63, 3.8) is 0 Å². The number of amides is 4. The number of rotatable bonds is 4. The van der Waals surface area contributed by atoms with E-state index in [1.165, 1.54) is 5.56 Å². The lowest BCUT2D eigenvalue weighted by Gasteiger charge is -2.41. The molecule has 6 nitrogen and oxygen atoms in total. The Labute approximate surface area is 199 Å². The molecule has 2 aliphatic heterocycles. The van der Waals surface area contributed by atoms with Crippen LogP contribution in [-0.4, -0.2) is 41.4 Å². The predicted octanol–water partition coefficient (Wildman–Crippen LogP) is 4.31. The van der Waals surface area contributed by atoms with Crippen LogP contribution in [-0.2, 0) is 16.6 Å². The van der Waals surface area contributed by atoms with Gasteiger partial charge in [0, 0.05) is 30.1 Å². The Hall–Kier alpha value is -2.86. The van der Waals surface area contributed by atoms with Gasteiger partial charge in [-0.15, -0.1) is 0 Å². The summed E-state index contributed by atoms with van der Waals surface area (Å²) in [6.07, 6.45) is 1.55. The standard InChI is InChI=1S/C26H30ClN3O3/c1-25(2,3)19-10-8-17(9-11-19)22(31)30-14-12-20(13-15-30)26(23(32)28-24(33)29-26)16-18-6-4-5-7-21(18)27/h4-11,20H,12-16H2,1-3H3,(H2,28,29,32,33). The summed E-state index contributed by atoms with van der Waals surface area (Å²) in [5.41, 5.74) is 1.63. The Morgan fingerprint density at radius 3 is 2.24 bits per heavy atom. The van der Waals surface area contributed by atoms with Crippen LogP contribution in [0, 0.1) is 5.92 Å². The minimum atomic E-state index is -1.06. The molecule has 0 aromatic heterocycles. The predicted molar refractivity (Wildman–Crippen MR) is 128 cm³/mol. The van der Waals surface area contributed by atoms with Gasteiger partial charge in [0.25, 0.3) is 11.8 Å². The van der Waals surface area contributed by atoms with E-state index in [9.17, 15) is 14.4 Å². The van der Waals surface area contributed by atoms with Gasteiger partial charge in [-0.3, -0.25) is 14.9 Å². The molecule has 0 spiro atoms. The third kappa shape index (κ3) is 4.62. The lowest BCUT2D eigenvalue weighted by Crippen LogP contribution is -2.58. The lowest BCUT2D eigenvalue weighted by molar-refractivity contribution is -0.126. The first-order valence-electron chi connectivity index (χ1n) is 11.4. The molecule has 2 heterocycles. The van der Waals surface area contributed by atoms with Crippen molar-refractivity contribution in [2.75, 3.05) is 13.1 Å². The molecule has 4 amide bonds. The second-order valence-electron chi connectivity index (χ2n) is 10.0. The molecule has 2 aromatic carbocycles. The Morgan fingerprint density at radius 2 is 1.70 bits per heavy atom. The van der Waals surface area contributed by atoms with Crippen LogP contribution in [0.4, 0.5) is 4.79 Å². The number of piperidine rings is 1. The number of halogens is 1. The van der Waals surface area contributed by atoms with E-state index in [2.05, 4.69) is 31.4 Å². The summed E-state index contributed by atoms with van der Waals surface area (Å²) in [5.74, 6) is -0.434. The summed E-state index contributed by atoms with van der Waals surface area (Å²) in [5, 5.41) is 5.87. The minimum absolute atomic E-state index is 0.00558. The van der Waals surface area contributed by atoms with E-state index in [0.717, 1.165) is 5.56 Å². The zero-order chi connectivity index (χ0) is 23.8. The van der Waals surface area contributed by atoms with Crippen molar-refractivity contribution >= 4 is 29.4 Å². The summed E-state index contributed by atoms with van der Waals surface area (Å²) in [7, 11) is 0. The highest BCUT2D eigenvalue weighted by atomic mass is 35.5. The minimum Gasteiger partial charge on any atom is -0.339 e. The molecular weight excluding hydrogens is 438 g/mol. The molecule has 0 aliphatic carbocycles. The van der Waals surface area contributed by atoms with Gasteiger partial charge in [-0.25, -0.2) is 4.79 Å². The van der Waals surface area contributed by atoms with E-state index in [-0.39, 0.29) is 23.1 Å². The molecule has 0 saturated carbocycles. The van der Waals surface area contributed by atoms with Crippen LogP contribution < -0.4 is 10.6 Å². The summed E-state index contributed by atoms with van der Waals surface area (Å²) in [6.45, 7) is 7.48. The van der Waals surface area contributed by atoms with E-state index in [4.69, 9.17) is 11.6 Å². The smallest absolute Gasteiger partial charge is 0.322 e. The van der Waals surface area contributed by atoms with Gasteiger partial charge in [-0.1, -0.05) is 62.7 Å². The first-order valence-corrected chi connectivity index (χ1v) is 11.7. The number of carbonyl (C=O) groups is 3. The van der Waals surface area contributed by atoms with Crippen LogP contribution in [0.15, 0.2) is 48.5 Å². The van der Waals surface area contributed by atoms with Crippen LogP contribution in [0.5, 0.6) is 0 Å². The summed E-state index contributed by atoms with van der Waals surface area (Å²) >= 11 is 6.36. The number of hydrogen-bond donors (Lipinski definition) is 2. The van der Waals surface area contributed by atoms with Gasteiger partial charge >= 0.3 is 6.03 Å². The number of benzene rings is 2. The Bertz CT molecular complexity index is 1070. The van der Waals surface area contributed by atoms with Gasteiger partial charge in [0.2, 0.25) is 0 Å². The third-order valence-electron chi connectivity index (χ3n) is 6.87. The number of carbonyl (C=O) groups excluding carboxylic acids is 3. The van der Waals surface area contributed by atoms with E-state index in [1.54, 1.807) is 6.07 Å². The van der Waals surface area contributed by atoms with E-state index < -0.39 is 11.6 Å². The van der Waals surface area contributed by atoms with Gasteiger partial charge in [0.15, 0.2) is 0 Å². The highest BCUT2D eigenvalue weighted by Gasteiger charge is 2.52. The van der Waals surface area contributed by atoms with Crippen molar-refractivity contribution in [1.82, 2.24) is 15.5 Å². The monoisotopic (exact) mass is 467 g/mol. The topological polar surface area (TPSA) is 78.5 Å². The van der Waals surface area contributed by atoms with Crippen LogP contribution >= 0.6 is 11.6 Å². The van der Waals surface area contributed by atoms with Gasteiger partial charge in [-0.05, 0) is 53.5 Å². The Kier molecular flexibility index (Phi) is 6.23. The van der Waals surface area contributed by atoms with Gasteiger partial charge < -0.3 is 10.2 Å². The Morgan fingerprint density at radius 1 is 1.06 bits per heavy atom. The fourth-order valence-electron chi connectivity index (χ4n) is 4.87. The van der Waals surface area contributed by atoms with Crippen LogP contribution in [0.25, 0.3) is 0 Å². The molecular formula is C26H30ClN3O3. The van der Waals surface area contributed by atoms with Crippen LogP contribution in [0.1, 0.15) is 55.1 Å². The van der Waals surface area contributed by atoms with Crippen LogP contribution in [0.3, 0.4) is 0 Å². The number of hydrogen-bond acceptors (Lipinski definition) is 3. The molecule has 0 radical (unpaired) electrons. The molecule has 33 heavy (non-hydrogen) atoms. The average Bonchev–Trinajstić information content (AvgIpc) is 3.08. The number of imide groups is 1. The molecule has 2 N–H and O–H groups in total. The maximum atomic E-state index is 13.1. The van der Waals surface area contributed by atoms with Gasteiger partial charge in [-0.2, -0.15) is 0 Å². The fraction of sp³-hybridized carbons (Fsp3) is 0.423. The second kappa shape index (κ2) is 8.82. The number of urea groups is 1. The fourth-order valence-corrected chi connectivity index (χ4v) is 5.08. The third-order valence-corrected chi connectivity index (χ3v) is 7.24. The van der Waals surface area contributed by atoms with Crippen molar-refractivity contribution in [1.29, 1.82) is 0 Å². The number of nitrogens with one attached hydrogen (secondary N) is 2. The highest BCUT2D eigenvalue weighted by Crippen LogP contribution is 2.35. The van der Waals surface area contributed by atoms with Crippen molar-refractivity contribution < 1.29 is 14.4 Å². The van der Waals surface area contributed by atoms with Crippen molar-refractivity contribution in [3.8, 4) is 0 Å². The molecule has 4 rings (SSSR count). The zero-order valence-corrected chi connectivity index (χ0v) is 20.0. The molecule has 2 saturated heterocycles. The maximum Gasteiger partial charge on any atom is 0.322 e. The van der Waals surface area contributed by atoms with Gasteiger partial charge in [0.1, 0.15) is 5.54 Å².